The minimum atomic E-state index is -0.195. The molecule has 1 amide bonds. The van der Waals surface area contributed by atoms with Crippen molar-refractivity contribution in [3.05, 3.63) is 64.7 Å². The number of hydrogen-bond acceptors (Lipinski definition) is 3. The number of halogens is 1. The van der Waals surface area contributed by atoms with E-state index in [4.69, 9.17) is 17.3 Å². The molecule has 1 aliphatic rings. The van der Waals surface area contributed by atoms with Crippen molar-refractivity contribution in [2.24, 2.45) is 11.1 Å². The van der Waals surface area contributed by atoms with Gasteiger partial charge in [-0.05, 0) is 54.8 Å². The molecule has 132 valence electrons. The number of likely N-dealkylation sites (tertiary alicyclic amines) is 1. The van der Waals surface area contributed by atoms with Crippen LogP contribution in [0.5, 0.6) is 0 Å². The first kappa shape index (κ1) is 17.9. The third-order valence-electron chi connectivity index (χ3n) is 4.84. The topological polar surface area (TPSA) is 58.4 Å². The van der Waals surface area contributed by atoms with Crippen LogP contribution in [0.25, 0.3) is 0 Å². The van der Waals surface area contributed by atoms with Gasteiger partial charge < -0.3 is 11.1 Å². The third-order valence-corrected chi connectivity index (χ3v) is 5.17. The van der Waals surface area contributed by atoms with Crippen molar-refractivity contribution < 1.29 is 4.79 Å². The molecule has 0 aliphatic carbocycles. The molecule has 1 atom stereocenters. The van der Waals surface area contributed by atoms with E-state index in [1.54, 1.807) is 18.2 Å². The Morgan fingerprint density at radius 2 is 2.08 bits per heavy atom. The zero-order chi connectivity index (χ0) is 17.9. The van der Waals surface area contributed by atoms with Crippen LogP contribution in [0.2, 0.25) is 5.02 Å². The Kier molecular flexibility index (Phi) is 5.42. The van der Waals surface area contributed by atoms with Crippen LogP contribution in [-0.4, -0.2) is 30.4 Å². The molecule has 0 spiro atoms. The quantitative estimate of drug-likeness (QED) is 0.856. The number of amides is 1. The van der Waals surface area contributed by atoms with Crippen LogP contribution >= 0.6 is 11.6 Å². The Hall–Kier alpha value is -1.88. The van der Waals surface area contributed by atoms with E-state index in [0.717, 1.165) is 38.3 Å². The first-order chi connectivity index (χ1) is 12.0. The summed E-state index contributed by atoms with van der Waals surface area (Å²) in [6, 6.07) is 15.0. The second-order valence-electron chi connectivity index (χ2n) is 7.11. The summed E-state index contributed by atoms with van der Waals surface area (Å²) in [4.78, 5) is 14.8. The Morgan fingerprint density at radius 1 is 1.28 bits per heavy atom. The second-order valence-corrected chi connectivity index (χ2v) is 7.52. The van der Waals surface area contributed by atoms with E-state index < -0.39 is 0 Å². The smallest absolute Gasteiger partial charge is 0.257 e. The Morgan fingerprint density at radius 3 is 2.80 bits per heavy atom. The van der Waals surface area contributed by atoms with Gasteiger partial charge in [-0.2, -0.15) is 0 Å². The Balaban J connectivity index is 1.66. The summed E-state index contributed by atoms with van der Waals surface area (Å²) in [7, 11) is 0. The molecule has 1 saturated heterocycles. The average Bonchev–Trinajstić information content (AvgIpc) is 2.97. The number of nitrogens with two attached hydrogens (primary N) is 1. The van der Waals surface area contributed by atoms with Gasteiger partial charge in [0.05, 0.1) is 10.6 Å². The van der Waals surface area contributed by atoms with Gasteiger partial charge in [0, 0.05) is 18.8 Å². The monoisotopic (exact) mass is 357 g/mol. The van der Waals surface area contributed by atoms with Crippen molar-refractivity contribution in [2.75, 3.05) is 25.0 Å². The molecule has 0 radical (unpaired) electrons. The summed E-state index contributed by atoms with van der Waals surface area (Å²) in [6.45, 7) is 5.90. The fourth-order valence-electron chi connectivity index (χ4n) is 3.28. The summed E-state index contributed by atoms with van der Waals surface area (Å²) in [5.41, 5.74) is 8.54. The van der Waals surface area contributed by atoms with Crippen LogP contribution in [0.15, 0.2) is 48.5 Å². The maximum atomic E-state index is 12.4. The van der Waals surface area contributed by atoms with E-state index in [1.165, 1.54) is 5.56 Å². The maximum Gasteiger partial charge on any atom is 0.257 e. The highest BCUT2D eigenvalue weighted by Gasteiger charge is 2.32. The van der Waals surface area contributed by atoms with E-state index in [0.29, 0.717) is 10.6 Å². The van der Waals surface area contributed by atoms with Gasteiger partial charge in [0.1, 0.15) is 0 Å². The number of nitrogens with one attached hydrogen (secondary N) is 1. The van der Waals surface area contributed by atoms with E-state index in [-0.39, 0.29) is 11.3 Å². The van der Waals surface area contributed by atoms with Crippen LogP contribution < -0.4 is 11.1 Å². The summed E-state index contributed by atoms with van der Waals surface area (Å²) in [5.74, 6) is -0.195. The lowest BCUT2D eigenvalue weighted by atomic mass is 9.90. The number of carbonyl (C=O) groups is 1. The Labute approximate surface area is 154 Å². The summed E-state index contributed by atoms with van der Waals surface area (Å²) in [6.07, 6.45) is 1.13. The summed E-state index contributed by atoms with van der Waals surface area (Å²) >= 11 is 6.09. The highest BCUT2D eigenvalue weighted by molar-refractivity contribution is 6.34. The molecule has 25 heavy (non-hydrogen) atoms. The lowest BCUT2D eigenvalue weighted by Gasteiger charge is -2.22. The van der Waals surface area contributed by atoms with Crippen molar-refractivity contribution in [1.82, 2.24) is 4.90 Å². The van der Waals surface area contributed by atoms with E-state index in [9.17, 15) is 4.79 Å². The van der Waals surface area contributed by atoms with Gasteiger partial charge in [0.15, 0.2) is 0 Å². The molecule has 3 N–H and O–H groups in total. The molecule has 1 heterocycles. The normalized spacial score (nSPS) is 20.6. The maximum absolute atomic E-state index is 12.4. The first-order valence-corrected chi connectivity index (χ1v) is 8.94. The van der Waals surface area contributed by atoms with E-state index >= 15 is 0 Å². The molecule has 5 heteroatoms. The fraction of sp³-hybridized carbons (Fsp3) is 0.350. The van der Waals surface area contributed by atoms with Crippen molar-refractivity contribution in [2.45, 2.75) is 19.9 Å². The number of carbonyl (C=O) groups excluding carboxylic acids is 1. The average molecular weight is 358 g/mol. The van der Waals surface area contributed by atoms with Gasteiger partial charge in [-0.15, -0.1) is 0 Å². The van der Waals surface area contributed by atoms with Crippen LogP contribution in [0.4, 0.5) is 5.69 Å². The minimum Gasteiger partial charge on any atom is -0.330 e. The molecule has 0 saturated carbocycles. The van der Waals surface area contributed by atoms with Crippen LogP contribution in [0.1, 0.15) is 29.3 Å². The van der Waals surface area contributed by atoms with Crippen molar-refractivity contribution in [3.8, 4) is 0 Å². The summed E-state index contributed by atoms with van der Waals surface area (Å²) < 4.78 is 0. The van der Waals surface area contributed by atoms with Gasteiger partial charge in [0.2, 0.25) is 0 Å². The lowest BCUT2D eigenvalue weighted by molar-refractivity contribution is 0.102. The molecule has 1 unspecified atom stereocenters. The molecule has 3 rings (SSSR count). The third kappa shape index (κ3) is 4.40. The number of benzene rings is 2. The van der Waals surface area contributed by atoms with Gasteiger partial charge in [0.25, 0.3) is 5.91 Å². The van der Waals surface area contributed by atoms with Gasteiger partial charge in [-0.1, -0.05) is 42.8 Å². The van der Waals surface area contributed by atoms with Gasteiger partial charge in [-0.3, -0.25) is 9.69 Å². The predicted octanol–water partition coefficient (Wildman–Crippen LogP) is 3.76. The predicted molar refractivity (Wildman–Crippen MR) is 103 cm³/mol. The molecule has 1 fully saturated rings. The Bertz CT molecular complexity index is 764. The van der Waals surface area contributed by atoms with E-state index in [1.807, 2.05) is 24.3 Å². The number of nitrogens with zero attached hydrogens (tertiary/aromatic N) is 1. The molecule has 1 aliphatic heterocycles. The van der Waals surface area contributed by atoms with Crippen LogP contribution in [-0.2, 0) is 6.54 Å². The molecule has 4 nitrogen and oxygen atoms in total. The van der Waals surface area contributed by atoms with Gasteiger partial charge >= 0.3 is 0 Å². The minimum absolute atomic E-state index is 0.195. The fourth-order valence-corrected chi connectivity index (χ4v) is 3.50. The van der Waals surface area contributed by atoms with Crippen molar-refractivity contribution in [1.29, 1.82) is 0 Å². The molecule has 2 aromatic rings. The zero-order valence-corrected chi connectivity index (χ0v) is 15.2. The van der Waals surface area contributed by atoms with Crippen molar-refractivity contribution >= 4 is 23.2 Å². The highest BCUT2D eigenvalue weighted by atomic mass is 35.5. The number of rotatable bonds is 5. The number of anilines is 1. The molecular formula is C20H24ClN3O. The lowest BCUT2D eigenvalue weighted by Crippen LogP contribution is -2.31. The largest absolute Gasteiger partial charge is 0.330 e. The highest BCUT2D eigenvalue weighted by Crippen LogP contribution is 2.29. The second kappa shape index (κ2) is 7.56. The standard InChI is InChI=1S/C20H24ClN3O/c1-20(13-22)9-10-24(14-20)12-15-5-4-6-16(11-15)23-19(25)17-7-2-3-8-18(17)21/h2-8,11H,9-10,12-14,22H2,1H3,(H,23,25). The number of hydrogen-bond donors (Lipinski definition) is 2. The van der Waals surface area contributed by atoms with Crippen molar-refractivity contribution in [3.63, 3.8) is 0 Å². The summed E-state index contributed by atoms with van der Waals surface area (Å²) in [5, 5.41) is 3.38. The first-order valence-electron chi connectivity index (χ1n) is 8.56. The SMILES string of the molecule is CC1(CN)CCN(Cc2cccc(NC(=O)c3ccccc3Cl)c2)C1. The van der Waals surface area contributed by atoms with Crippen LogP contribution in [0, 0.1) is 5.41 Å². The molecule has 0 bridgehead atoms. The van der Waals surface area contributed by atoms with Crippen LogP contribution in [0.3, 0.4) is 0 Å². The zero-order valence-electron chi connectivity index (χ0n) is 14.5. The molecular weight excluding hydrogens is 334 g/mol. The van der Waals surface area contributed by atoms with E-state index in [2.05, 4.69) is 23.2 Å². The molecule has 0 aromatic heterocycles. The van der Waals surface area contributed by atoms with Gasteiger partial charge in [-0.25, -0.2) is 0 Å². The molecule has 2 aromatic carbocycles.